The molecule has 1 atom stereocenters. The van der Waals surface area contributed by atoms with Crippen LogP contribution in [-0.2, 0) is 4.79 Å². The number of nitrogens with two attached hydrogens (primary N) is 1. The first kappa shape index (κ1) is 25.9. The van der Waals surface area contributed by atoms with Crippen LogP contribution in [0, 0.1) is 25.2 Å². The molecule has 37 heavy (non-hydrogen) atoms. The second-order valence-corrected chi connectivity index (χ2v) is 9.05. The molecule has 2 N–H and O–H groups in total. The molecule has 0 saturated heterocycles. The molecule has 0 fully saturated rings. The Hall–Kier alpha value is -4.15. The average Bonchev–Trinajstić information content (AvgIpc) is 2.88. The van der Waals surface area contributed by atoms with Gasteiger partial charge in [-0.1, -0.05) is 36.7 Å². The lowest BCUT2D eigenvalue weighted by Crippen LogP contribution is -2.21. The Morgan fingerprint density at radius 3 is 2.35 bits per heavy atom. The molecule has 0 spiro atoms. The second kappa shape index (κ2) is 11.3. The van der Waals surface area contributed by atoms with Gasteiger partial charge in [0.05, 0.1) is 12.5 Å². The fourth-order valence-corrected chi connectivity index (χ4v) is 4.22. The van der Waals surface area contributed by atoms with Gasteiger partial charge in [0.1, 0.15) is 34.6 Å². The van der Waals surface area contributed by atoms with Crippen LogP contribution >= 0.6 is 11.6 Å². The second-order valence-electron chi connectivity index (χ2n) is 8.68. The molecule has 1 heterocycles. The Morgan fingerprint density at radius 1 is 1.03 bits per heavy atom. The standard InChI is InChI=1S/C29H27ClN2O5/c1-4-11-34-20-7-5-19(6-8-20)27-23-10-9-21(14-25(23)37-29(32)24(27)15-31)36-26(33)16-35-22-12-17(2)28(30)18(3)13-22/h5-10,12-14,27H,4,11,16,32H2,1-3H3. The number of rotatable bonds is 8. The van der Waals surface area contributed by atoms with E-state index in [2.05, 4.69) is 6.07 Å². The third-order valence-corrected chi connectivity index (χ3v) is 6.47. The summed E-state index contributed by atoms with van der Waals surface area (Å²) >= 11 is 6.19. The van der Waals surface area contributed by atoms with Gasteiger partial charge in [-0.05, 0) is 67.3 Å². The molecular formula is C29H27ClN2O5. The molecule has 1 aliphatic rings. The maximum atomic E-state index is 12.4. The number of benzene rings is 3. The highest BCUT2D eigenvalue weighted by atomic mass is 35.5. The smallest absolute Gasteiger partial charge is 0.349 e. The molecule has 1 aliphatic heterocycles. The van der Waals surface area contributed by atoms with Crippen molar-refractivity contribution in [1.82, 2.24) is 0 Å². The minimum atomic E-state index is -0.582. The highest BCUT2D eigenvalue weighted by Gasteiger charge is 2.31. The minimum absolute atomic E-state index is 0.00611. The van der Waals surface area contributed by atoms with Gasteiger partial charge in [-0.25, -0.2) is 4.79 Å². The highest BCUT2D eigenvalue weighted by Crippen LogP contribution is 2.43. The highest BCUT2D eigenvalue weighted by molar-refractivity contribution is 6.32. The molecule has 0 radical (unpaired) electrons. The number of fused-ring (bicyclic) bond motifs is 1. The summed E-state index contributed by atoms with van der Waals surface area (Å²) in [6, 6.07) is 18.2. The molecule has 8 heteroatoms. The van der Waals surface area contributed by atoms with Crippen LogP contribution < -0.4 is 24.7 Å². The van der Waals surface area contributed by atoms with Crippen LogP contribution in [0.4, 0.5) is 0 Å². The topological polar surface area (TPSA) is 104 Å². The number of ether oxygens (including phenoxy) is 4. The van der Waals surface area contributed by atoms with E-state index in [1.807, 2.05) is 45.0 Å². The molecule has 190 valence electrons. The van der Waals surface area contributed by atoms with Crippen LogP contribution in [-0.4, -0.2) is 19.2 Å². The van der Waals surface area contributed by atoms with Crippen LogP contribution in [0.3, 0.4) is 0 Å². The van der Waals surface area contributed by atoms with E-state index in [0.717, 1.165) is 34.4 Å². The lowest BCUT2D eigenvalue weighted by Gasteiger charge is -2.26. The van der Waals surface area contributed by atoms with Gasteiger partial charge in [0.25, 0.3) is 0 Å². The van der Waals surface area contributed by atoms with E-state index in [4.69, 9.17) is 36.3 Å². The van der Waals surface area contributed by atoms with Crippen molar-refractivity contribution in [3.05, 3.63) is 93.3 Å². The summed E-state index contributed by atoms with van der Waals surface area (Å²) < 4.78 is 22.4. The molecule has 1 unspecified atom stereocenters. The van der Waals surface area contributed by atoms with Crippen molar-refractivity contribution in [1.29, 1.82) is 5.26 Å². The van der Waals surface area contributed by atoms with Crippen LogP contribution in [0.2, 0.25) is 5.02 Å². The van der Waals surface area contributed by atoms with E-state index in [1.165, 1.54) is 0 Å². The van der Waals surface area contributed by atoms with E-state index in [1.54, 1.807) is 30.3 Å². The quantitative estimate of drug-likeness (QED) is 0.290. The van der Waals surface area contributed by atoms with Crippen molar-refractivity contribution >= 4 is 17.6 Å². The fourth-order valence-electron chi connectivity index (χ4n) is 4.11. The van der Waals surface area contributed by atoms with E-state index in [0.29, 0.717) is 28.7 Å². The lowest BCUT2D eigenvalue weighted by atomic mass is 9.83. The van der Waals surface area contributed by atoms with Crippen molar-refractivity contribution in [3.63, 3.8) is 0 Å². The molecule has 0 aromatic heterocycles. The summed E-state index contributed by atoms with van der Waals surface area (Å²) in [6.07, 6.45) is 0.909. The van der Waals surface area contributed by atoms with E-state index < -0.39 is 11.9 Å². The van der Waals surface area contributed by atoms with Crippen LogP contribution in [0.5, 0.6) is 23.0 Å². The van der Waals surface area contributed by atoms with E-state index in [9.17, 15) is 10.1 Å². The first-order valence-electron chi connectivity index (χ1n) is 11.8. The van der Waals surface area contributed by atoms with Gasteiger partial charge in [0, 0.05) is 16.7 Å². The number of halogens is 1. The first-order chi connectivity index (χ1) is 17.8. The number of hydrogen-bond acceptors (Lipinski definition) is 7. The summed E-state index contributed by atoms with van der Waals surface area (Å²) in [5.74, 6) is 0.948. The monoisotopic (exact) mass is 518 g/mol. The van der Waals surface area contributed by atoms with Gasteiger partial charge in [-0.2, -0.15) is 5.26 Å². The predicted octanol–water partition coefficient (Wildman–Crippen LogP) is 5.95. The summed E-state index contributed by atoms with van der Waals surface area (Å²) in [5, 5.41) is 10.4. The third kappa shape index (κ3) is 5.82. The van der Waals surface area contributed by atoms with Crippen LogP contribution in [0.15, 0.2) is 66.1 Å². The zero-order valence-electron chi connectivity index (χ0n) is 20.8. The molecule has 0 saturated carbocycles. The zero-order chi connectivity index (χ0) is 26.5. The van der Waals surface area contributed by atoms with Crippen molar-refractivity contribution in [2.45, 2.75) is 33.1 Å². The number of esters is 1. The van der Waals surface area contributed by atoms with Gasteiger partial charge >= 0.3 is 5.97 Å². The number of allylic oxidation sites excluding steroid dienone is 1. The Morgan fingerprint density at radius 2 is 1.70 bits per heavy atom. The number of aryl methyl sites for hydroxylation is 2. The van der Waals surface area contributed by atoms with Crippen molar-refractivity contribution in [2.75, 3.05) is 13.2 Å². The van der Waals surface area contributed by atoms with Gasteiger partial charge < -0.3 is 24.7 Å². The Labute approximate surface area is 221 Å². The maximum absolute atomic E-state index is 12.4. The summed E-state index contributed by atoms with van der Waals surface area (Å²) in [4.78, 5) is 12.4. The summed E-state index contributed by atoms with van der Waals surface area (Å²) in [5.41, 5.74) is 9.72. The van der Waals surface area contributed by atoms with Crippen molar-refractivity contribution in [3.8, 4) is 29.1 Å². The molecule has 0 aliphatic carbocycles. The van der Waals surface area contributed by atoms with Gasteiger partial charge in [0.2, 0.25) is 5.88 Å². The molecular weight excluding hydrogens is 492 g/mol. The summed E-state index contributed by atoms with van der Waals surface area (Å²) in [7, 11) is 0. The number of nitriles is 1. The minimum Gasteiger partial charge on any atom is -0.494 e. The molecule has 3 aromatic rings. The predicted molar refractivity (Wildman–Crippen MR) is 140 cm³/mol. The van der Waals surface area contributed by atoms with Crippen LogP contribution in [0.25, 0.3) is 0 Å². The van der Waals surface area contributed by atoms with Gasteiger partial charge in [-0.3, -0.25) is 0 Å². The van der Waals surface area contributed by atoms with E-state index >= 15 is 0 Å². The number of nitrogens with zero attached hydrogens (tertiary/aromatic N) is 1. The van der Waals surface area contributed by atoms with Crippen LogP contribution in [0.1, 0.15) is 41.5 Å². The maximum Gasteiger partial charge on any atom is 0.349 e. The van der Waals surface area contributed by atoms with Crippen molar-refractivity contribution in [2.24, 2.45) is 5.73 Å². The average molecular weight is 519 g/mol. The zero-order valence-corrected chi connectivity index (χ0v) is 21.6. The molecule has 4 rings (SSSR count). The number of carbonyl (C=O) groups is 1. The molecule has 0 bridgehead atoms. The largest absolute Gasteiger partial charge is 0.494 e. The van der Waals surface area contributed by atoms with Gasteiger partial charge in [0.15, 0.2) is 6.61 Å². The Bertz CT molecular complexity index is 1370. The summed E-state index contributed by atoms with van der Waals surface area (Å²) in [6.45, 7) is 6.12. The Balaban J connectivity index is 1.51. The number of hydrogen-bond donors (Lipinski definition) is 1. The third-order valence-electron chi connectivity index (χ3n) is 5.88. The van der Waals surface area contributed by atoms with E-state index in [-0.39, 0.29) is 18.2 Å². The Kier molecular flexibility index (Phi) is 7.90. The SMILES string of the molecule is CCCOc1ccc(C2C(C#N)=C(N)Oc3cc(OC(=O)COc4cc(C)c(Cl)c(C)c4)ccc32)cc1. The van der Waals surface area contributed by atoms with Crippen molar-refractivity contribution < 1.29 is 23.7 Å². The number of carbonyl (C=O) groups excluding carboxylic acids is 1. The van der Waals surface area contributed by atoms with Gasteiger partial charge in [-0.15, -0.1) is 0 Å². The first-order valence-corrected chi connectivity index (χ1v) is 12.2. The normalized spacial score (nSPS) is 14.3. The molecule has 7 nitrogen and oxygen atoms in total. The molecule has 0 amide bonds. The lowest BCUT2D eigenvalue weighted by molar-refractivity contribution is -0.136. The molecule has 3 aromatic carbocycles. The fraction of sp³-hybridized carbons (Fsp3) is 0.241.